The Kier molecular flexibility index (Phi) is 3.64. The van der Waals surface area contributed by atoms with E-state index in [2.05, 4.69) is 9.97 Å². The molecule has 3 aromatic rings. The average Bonchev–Trinajstić information content (AvgIpc) is 2.58. The zero-order valence-corrected chi connectivity index (χ0v) is 11.9. The molecule has 0 saturated carbocycles. The largest absolute Gasteiger partial charge is 0.501 e. The summed E-state index contributed by atoms with van der Waals surface area (Å²) in [6.07, 6.45) is 0. The van der Waals surface area contributed by atoms with Crippen LogP contribution in [0.15, 0.2) is 59.4 Å². The van der Waals surface area contributed by atoms with Gasteiger partial charge in [-0.05, 0) is 11.1 Å². The molecule has 0 fully saturated rings. The molecule has 0 aliphatic rings. The summed E-state index contributed by atoms with van der Waals surface area (Å²) < 4.78 is 0. The molecule has 0 amide bonds. The summed E-state index contributed by atoms with van der Waals surface area (Å²) in [5, 5.41) is 18.4. The van der Waals surface area contributed by atoms with Crippen LogP contribution >= 0.6 is 0 Å². The van der Waals surface area contributed by atoms with E-state index in [0.717, 1.165) is 11.1 Å². The number of hydrogen-bond acceptors (Lipinski definition) is 4. The molecule has 0 aliphatic heterocycles. The van der Waals surface area contributed by atoms with E-state index in [1.807, 2.05) is 42.5 Å². The molecule has 1 aromatic heterocycles. The maximum atomic E-state index is 11.6. The first-order chi connectivity index (χ1) is 11.1. The minimum atomic E-state index is -1.46. The van der Waals surface area contributed by atoms with Gasteiger partial charge in [0.2, 0.25) is 5.75 Å². The van der Waals surface area contributed by atoms with Crippen LogP contribution in [-0.2, 0) is 0 Å². The number of carboxylic acids is 1. The Morgan fingerprint density at radius 2 is 1.48 bits per heavy atom. The number of aromatic carboxylic acids is 1. The minimum absolute atomic E-state index is 0.0878. The number of rotatable bonds is 3. The fourth-order valence-corrected chi connectivity index (χ4v) is 2.20. The average molecular weight is 308 g/mol. The summed E-state index contributed by atoms with van der Waals surface area (Å²) in [5.74, 6) is -2.28. The molecular formula is C17H12N2O4. The summed E-state index contributed by atoms with van der Waals surface area (Å²) in [6, 6.07) is 16.9. The van der Waals surface area contributed by atoms with Crippen LogP contribution in [0.3, 0.4) is 0 Å². The molecule has 3 N–H and O–H groups in total. The Hall–Kier alpha value is -3.41. The Bertz CT molecular complexity index is 916. The van der Waals surface area contributed by atoms with Gasteiger partial charge in [-0.1, -0.05) is 54.6 Å². The van der Waals surface area contributed by atoms with Crippen molar-refractivity contribution in [2.45, 2.75) is 0 Å². The number of aromatic hydroxyl groups is 1. The standard InChI is InChI=1S/C17H12N2O4/c20-14-13(17(22)23)18-15(19-16(14)21)12-8-6-11(7-9-12)10-4-2-1-3-5-10/h1-9,20H,(H,22,23)(H,18,19,21). The fourth-order valence-electron chi connectivity index (χ4n) is 2.20. The first-order valence-corrected chi connectivity index (χ1v) is 6.78. The van der Waals surface area contributed by atoms with Crippen LogP contribution in [0.25, 0.3) is 22.5 Å². The molecule has 0 atom stereocenters. The summed E-state index contributed by atoms with van der Waals surface area (Å²) in [6.45, 7) is 0. The number of carboxylic acid groups (broad SMARTS) is 1. The predicted octanol–water partition coefficient (Wildman–Crippen LogP) is 2.51. The normalized spacial score (nSPS) is 10.4. The predicted molar refractivity (Wildman–Crippen MR) is 84.4 cm³/mol. The van der Waals surface area contributed by atoms with Crippen molar-refractivity contribution < 1.29 is 15.0 Å². The summed E-state index contributed by atoms with van der Waals surface area (Å²) in [5.41, 5.74) is 1.01. The molecule has 0 spiro atoms. The Labute approximate surface area is 130 Å². The van der Waals surface area contributed by atoms with Gasteiger partial charge in [0.05, 0.1) is 0 Å². The van der Waals surface area contributed by atoms with E-state index in [4.69, 9.17) is 5.11 Å². The lowest BCUT2D eigenvalue weighted by Gasteiger charge is -2.06. The van der Waals surface area contributed by atoms with E-state index in [1.54, 1.807) is 12.1 Å². The molecule has 6 heteroatoms. The monoisotopic (exact) mass is 308 g/mol. The van der Waals surface area contributed by atoms with Crippen LogP contribution in [0.2, 0.25) is 0 Å². The zero-order valence-electron chi connectivity index (χ0n) is 11.9. The second-order valence-electron chi connectivity index (χ2n) is 4.86. The van der Waals surface area contributed by atoms with E-state index in [-0.39, 0.29) is 5.82 Å². The molecule has 0 radical (unpaired) electrons. The number of aromatic amines is 1. The Balaban J connectivity index is 2.03. The molecule has 0 saturated heterocycles. The highest BCUT2D eigenvalue weighted by molar-refractivity contribution is 5.88. The van der Waals surface area contributed by atoms with Crippen LogP contribution in [-0.4, -0.2) is 26.2 Å². The highest BCUT2D eigenvalue weighted by Gasteiger charge is 2.17. The van der Waals surface area contributed by atoms with Crippen molar-refractivity contribution in [3.8, 4) is 28.3 Å². The number of hydrogen-bond donors (Lipinski definition) is 3. The first kappa shape index (κ1) is 14.5. The SMILES string of the molecule is O=C(O)c1nc(-c2ccc(-c3ccccc3)cc2)[nH]c(=O)c1O. The second kappa shape index (κ2) is 5.76. The second-order valence-corrected chi connectivity index (χ2v) is 4.86. The van der Waals surface area contributed by atoms with E-state index < -0.39 is 23.0 Å². The van der Waals surface area contributed by atoms with Gasteiger partial charge in [-0.25, -0.2) is 9.78 Å². The maximum absolute atomic E-state index is 11.6. The number of carbonyl (C=O) groups is 1. The number of nitrogens with zero attached hydrogens (tertiary/aromatic N) is 1. The number of aromatic nitrogens is 2. The lowest BCUT2D eigenvalue weighted by Crippen LogP contribution is -2.15. The van der Waals surface area contributed by atoms with E-state index in [9.17, 15) is 14.7 Å². The highest BCUT2D eigenvalue weighted by atomic mass is 16.4. The molecule has 23 heavy (non-hydrogen) atoms. The third kappa shape index (κ3) is 2.82. The smallest absolute Gasteiger partial charge is 0.358 e. The van der Waals surface area contributed by atoms with Gasteiger partial charge >= 0.3 is 5.97 Å². The van der Waals surface area contributed by atoms with E-state index in [1.165, 1.54) is 0 Å². The highest BCUT2D eigenvalue weighted by Crippen LogP contribution is 2.23. The molecular weight excluding hydrogens is 296 g/mol. The van der Waals surface area contributed by atoms with Crippen LogP contribution in [0.4, 0.5) is 0 Å². The van der Waals surface area contributed by atoms with Crippen LogP contribution in [0.5, 0.6) is 5.75 Å². The van der Waals surface area contributed by atoms with E-state index >= 15 is 0 Å². The number of benzene rings is 2. The molecule has 3 rings (SSSR count). The molecule has 0 bridgehead atoms. The van der Waals surface area contributed by atoms with Crippen LogP contribution < -0.4 is 5.56 Å². The van der Waals surface area contributed by atoms with Crippen molar-refractivity contribution in [1.29, 1.82) is 0 Å². The van der Waals surface area contributed by atoms with Gasteiger partial charge in [0, 0.05) is 5.56 Å². The minimum Gasteiger partial charge on any atom is -0.501 e. The lowest BCUT2D eigenvalue weighted by molar-refractivity contribution is 0.0686. The van der Waals surface area contributed by atoms with Crippen molar-refractivity contribution in [1.82, 2.24) is 9.97 Å². The van der Waals surface area contributed by atoms with Gasteiger partial charge < -0.3 is 15.2 Å². The summed E-state index contributed by atoms with van der Waals surface area (Å²) >= 11 is 0. The van der Waals surface area contributed by atoms with Gasteiger partial charge in [0.15, 0.2) is 5.69 Å². The van der Waals surface area contributed by atoms with Crippen molar-refractivity contribution in [3.63, 3.8) is 0 Å². The number of nitrogens with one attached hydrogen (secondary N) is 1. The maximum Gasteiger partial charge on any atom is 0.358 e. The van der Waals surface area contributed by atoms with Crippen LogP contribution in [0.1, 0.15) is 10.5 Å². The third-order valence-electron chi connectivity index (χ3n) is 3.36. The lowest BCUT2D eigenvalue weighted by atomic mass is 10.0. The molecule has 0 aliphatic carbocycles. The molecule has 2 aromatic carbocycles. The molecule has 0 unspecified atom stereocenters. The topological polar surface area (TPSA) is 103 Å². The Morgan fingerprint density at radius 3 is 2.09 bits per heavy atom. The van der Waals surface area contributed by atoms with Gasteiger partial charge in [-0.3, -0.25) is 4.79 Å². The van der Waals surface area contributed by atoms with Crippen molar-refractivity contribution >= 4 is 5.97 Å². The molecule has 114 valence electrons. The first-order valence-electron chi connectivity index (χ1n) is 6.78. The van der Waals surface area contributed by atoms with Crippen molar-refractivity contribution in [3.05, 3.63) is 70.6 Å². The van der Waals surface area contributed by atoms with Gasteiger partial charge in [-0.15, -0.1) is 0 Å². The third-order valence-corrected chi connectivity index (χ3v) is 3.36. The molecule has 6 nitrogen and oxygen atoms in total. The van der Waals surface area contributed by atoms with Crippen LogP contribution in [0, 0.1) is 0 Å². The molecule has 1 heterocycles. The number of H-pyrrole nitrogens is 1. The Morgan fingerprint density at radius 1 is 0.913 bits per heavy atom. The zero-order chi connectivity index (χ0) is 16.4. The fraction of sp³-hybridized carbons (Fsp3) is 0. The van der Waals surface area contributed by atoms with Gasteiger partial charge in [0.1, 0.15) is 5.82 Å². The summed E-state index contributed by atoms with van der Waals surface area (Å²) in [7, 11) is 0. The van der Waals surface area contributed by atoms with Gasteiger partial charge in [0.25, 0.3) is 5.56 Å². The van der Waals surface area contributed by atoms with Gasteiger partial charge in [-0.2, -0.15) is 0 Å². The summed E-state index contributed by atoms with van der Waals surface area (Å²) in [4.78, 5) is 28.8. The van der Waals surface area contributed by atoms with Crippen molar-refractivity contribution in [2.75, 3.05) is 0 Å². The van der Waals surface area contributed by atoms with E-state index in [0.29, 0.717) is 5.56 Å². The van der Waals surface area contributed by atoms with Crippen molar-refractivity contribution in [2.24, 2.45) is 0 Å². The quantitative estimate of drug-likeness (QED) is 0.689.